The fraction of sp³-hybridized carbons (Fsp3) is 0.676. The van der Waals surface area contributed by atoms with Crippen molar-refractivity contribution in [2.75, 3.05) is 11.9 Å². The Morgan fingerprint density at radius 1 is 0.744 bits per heavy atom. The molecule has 0 heterocycles. The average Bonchev–Trinajstić information content (AvgIpc) is 2.89. The van der Waals surface area contributed by atoms with Crippen LogP contribution in [0.3, 0.4) is 0 Å². The van der Waals surface area contributed by atoms with Gasteiger partial charge in [-0.3, -0.25) is 9.59 Å². The number of hydrogen-bond acceptors (Lipinski definition) is 5. The Kier molecular flexibility index (Phi) is 15.8. The second kappa shape index (κ2) is 18.8. The summed E-state index contributed by atoms with van der Waals surface area (Å²) in [6.07, 6.45) is 23.3. The zero-order valence-electron chi connectivity index (χ0n) is 25.0. The highest BCUT2D eigenvalue weighted by Crippen LogP contribution is 2.33. The van der Waals surface area contributed by atoms with Crippen molar-refractivity contribution in [2.24, 2.45) is 5.41 Å². The Morgan fingerprint density at radius 2 is 1.18 bits per heavy atom. The maximum atomic E-state index is 12.3. The lowest BCUT2D eigenvalue weighted by atomic mass is 9.74. The van der Waals surface area contributed by atoms with Crippen LogP contribution in [0.15, 0.2) is 36.0 Å². The number of Topliss-reactive ketones (excluding diaryl/α,β-unsaturated/α-hetero) is 2. The number of ketones is 2. The van der Waals surface area contributed by atoms with Gasteiger partial charge in [0.1, 0.15) is 0 Å². The molecule has 1 aliphatic carbocycles. The minimum absolute atomic E-state index is 0.127. The SMILES string of the molecule is CCCCCCCCCCCCCCCCCCOC(=O)c1ccc(NC=C2C(=O)CC(C)(C)CC2=O)cc1. The standard InChI is InChI=1S/C34H53NO4/c1-4-5-6-7-8-9-10-11-12-13-14-15-16-17-18-19-24-39-33(38)28-20-22-29(23-21-28)35-27-30-31(36)25-34(2,3)26-32(30)37/h20-23,27,35H,4-19,24-26H2,1-3H3. The van der Waals surface area contributed by atoms with E-state index >= 15 is 0 Å². The third-order valence-electron chi connectivity index (χ3n) is 7.61. The van der Waals surface area contributed by atoms with Gasteiger partial charge in [-0.2, -0.15) is 0 Å². The lowest BCUT2D eigenvalue weighted by Gasteiger charge is -2.28. The first kappa shape index (κ1) is 32.8. The summed E-state index contributed by atoms with van der Waals surface area (Å²) in [6, 6.07) is 6.91. The molecule has 2 rings (SSSR count). The Bertz CT molecular complexity index is 878. The molecule has 218 valence electrons. The summed E-state index contributed by atoms with van der Waals surface area (Å²) in [5.74, 6) is -0.572. The van der Waals surface area contributed by atoms with Crippen LogP contribution in [0.4, 0.5) is 5.69 Å². The van der Waals surface area contributed by atoms with Crippen molar-refractivity contribution in [3.8, 4) is 0 Å². The van der Waals surface area contributed by atoms with Gasteiger partial charge in [0, 0.05) is 24.7 Å². The maximum absolute atomic E-state index is 12.3. The van der Waals surface area contributed by atoms with Gasteiger partial charge < -0.3 is 10.1 Å². The van der Waals surface area contributed by atoms with E-state index in [1.54, 1.807) is 24.3 Å². The molecule has 0 saturated heterocycles. The number of carbonyl (C=O) groups is 3. The number of allylic oxidation sites excluding steroid dienone is 1. The van der Waals surface area contributed by atoms with E-state index in [4.69, 9.17) is 4.74 Å². The molecule has 1 aliphatic rings. The van der Waals surface area contributed by atoms with E-state index < -0.39 is 0 Å². The Morgan fingerprint density at radius 3 is 1.64 bits per heavy atom. The fourth-order valence-corrected chi connectivity index (χ4v) is 5.20. The van der Waals surface area contributed by atoms with Crippen molar-refractivity contribution in [1.29, 1.82) is 0 Å². The lowest BCUT2D eigenvalue weighted by molar-refractivity contribution is -0.127. The van der Waals surface area contributed by atoms with Gasteiger partial charge in [-0.25, -0.2) is 4.79 Å². The molecule has 1 saturated carbocycles. The molecule has 0 radical (unpaired) electrons. The Labute approximate surface area is 237 Å². The van der Waals surface area contributed by atoms with Gasteiger partial charge in [-0.15, -0.1) is 0 Å². The van der Waals surface area contributed by atoms with E-state index in [1.807, 2.05) is 13.8 Å². The van der Waals surface area contributed by atoms with Crippen LogP contribution >= 0.6 is 0 Å². The molecule has 1 fully saturated rings. The van der Waals surface area contributed by atoms with E-state index in [-0.39, 0.29) is 28.5 Å². The monoisotopic (exact) mass is 539 g/mol. The summed E-state index contributed by atoms with van der Waals surface area (Å²) in [5.41, 5.74) is 1.15. The Hall–Kier alpha value is -2.43. The number of carbonyl (C=O) groups excluding carboxylic acids is 3. The molecule has 0 aromatic heterocycles. The van der Waals surface area contributed by atoms with E-state index in [2.05, 4.69) is 12.2 Å². The quantitative estimate of drug-likeness (QED) is 0.0773. The second-order valence-electron chi connectivity index (χ2n) is 12.1. The molecular formula is C34H53NO4. The minimum Gasteiger partial charge on any atom is -0.462 e. The molecule has 0 bridgehead atoms. The van der Waals surface area contributed by atoms with Gasteiger partial charge >= 0.3 is 5.97 Å². The fourth-order valence-electron chi connectivity index (χ4n) is 5.20. The number of hydrogen-bond donors (Lipinski definition) is 1. The van der Waals surface area contributed by atoms with Gasteiger partial charge in [-0.1, -0.05) is 117 Å². The molecule has 5 heteroatoms. The highest BCUT2D eigenvalue weighted by molar-refractivity contribution is 6.22. The van der Waals surface area contributed by atoms with E-state index in [1.165, 1.54) is 96.1 Å². The van der Waals surface area contributed by atoms with Crippen LogP contribution < -0.4 is 5.32 Å². The summed E-state index contributed by atoms with van der Waals surface area (Å²) in [4.78, 5) is 36.9. The molecule has 1 aromatic carbocycles. The highest BCUT2D eigenvalue weighted by atomic mass is 16.5. The zero-order valence-corrected chi connectivity index (χ0v) is 25.0. The van der Waals surface area contributed by atoms with Crippen LogP contribution in [0.2, 0.25) is 0 Å². The number of benzene rings is 1. The predicted molar refractivity (Wildman–Crippen MR) is 161 cm³/mol. The first-order valence-corrected chi connectivity index (χ1v) is 15.6. The van der Waals surface area contributed by atoms with Crippen LogP contribution in [0.1, 0.15) is 147 Å². The molecule has 39 heavy (non-hydrogen) atoms. The maximum Gasteiger partial charge on any atom is 0.338 e. The summed E-state index contributed by atoms with van der Waals surface area (Å²) < 4.78 is 5.43. The first-order valence-electron chi connectivity index (χ1n) is 15.6. The largest absolute Gasteiger partial charge is 0.462 e. The third-order valence-corrected chi connectivity index (χ3v) is 7.61. The van der Waals surface area contributed by atoms with E-state index in [9.17, 15) is 14.4 Å². The summed E-state index contributed by atoms with van der Waals surface area (Å²) in [5, 5.41) is 3.02. The molecule has 1 aromatic rings. The van der Waals surface area contributed by atoms with Crippen LogP contribution in [0, 0.1) is 5.41 Å². The topological polar surface area (TPSA) is 72.5 Å². The second-order valence-corrected chi connectivity index (χ2v) is 12.1. The van der Waals surface area contributed by atoms with Crippen molar-refractivity contribution < 1.29 is 19.1 Å². The van der Waals surface area contributed by atoms with Crippen molar-refractivity contribution in [2.45, 2.75) is 136 Å². The highest BCUT2D eigenvalue weighted by Gasteiger charge is 2.35. The van der Waals surface area contributed by atoms with Gasteiger partial charge in [0.15, 0.2) is 11.6 Å². The van der Waals surface area contributed by atoms with Crippen molar-refractivity contribution in [3.63, 3.8) is 0 Å². The van der Waals surface area contributed by atoms with Gasteiger partial charge in [0.2, 0.25) is 0 Å². The van der Waals surface area contributed by atoms with Gasteiger partial charge in [0.25, 0.3) is 0 Å². The van der Waals surface area contributed by atoms with Crippen molar-refractivity contribution in [3.05, 3.63) is 41.6 Å². The van der Waals surface area contributed by atoms with Crippen LogP contribution in [0.25, 0.3) is 0 Å². The number of unbranched alkanes of at least 4 members (excludes halogenated alkanes) is 15. The predicted octanol–water partition coefficient (Wildman–Crippen LogP) is 9.36. The molecule has 0 unspecified atom stereocenters. The minimum atomic E-state index is -0.319. The molecule has 0 atom stereocenters. The first-order chi connectivity index (χ1) is 18.8. The van der Waals surface area contributed by atoms with Gasteiger partial charge in [-0.05, 0) is 36.1 Å². The van der Waals surface area contributed by atoms with E-state index in [0.717, 1.165) is 12.8 Å². The molecule has 1 N–H and O–H groups in total. The molecule has 0 amide bonds. The molecular weight excluding hydrogens is 486 g/mol. The molecule has 0 aliphatic heterocycles. The van der Waals surface area contributed by atoms with Crippen LogP contribution in [-0.2, 0) is 14.3 Å². The van der Waals surface area contributed by atoms with Gasteiger partial charge in [0.05, 0.1) is 17.7 Å². The summed E-state index contributed by atoms with van der Waals surface area (Å²) in [7, 11) is 0. The van der Waals surface area contributed by atoms with Crippen LogP contribution in [-0.4, -0.2) is 24.1 Å². The number of rotatable bonds is 20. The number of esters is 1. The van der Waals surface area contributed by atoms with Crippen molar-refractivity contribution >= 4 is 23.2 Å². The normalized spacial score (nSPS) is 14.9. The zero-order chi connectivity index (χ0) is 28.3. The third kappa shape index (κ3) is 14.0. The summed E-state index contributed by atoms with van der Waals surface area (Å²) >= 11 is 0. The lowest BCUT2D eigenvalue weighted by Crippen LogP contribution is -2.31. The smallest absolute Gasteiger partial charge is 0.338 e. The van der Waals surface area contributed by atoms with Crippen LogP contribution in [0.5, 0.6) is 0 Å². The Balaban J connectivity index is 1.48. The summed E-state index contributed by atoms with van der Waals surface area (Å²) in [6.45, 7) is 6.59. The van der Waals surface area contributed by atoms with E-state index in [0.29, 0.717) is 30.7 Å². The number of nitrogens with one attached hydrogen (secondary N) is 1. The molecule has 5 nitrogen and oxygen atoms in total. The number of ether oxygens (including phenoxy) is 1. The number of anilines is 1. The molecule has 0 spiro atoms. The average molecular weight is 540 g/mol. The van der Waals surface area contributed by atoms with Crippen molar-refractivity contribution in [1.82, 2.24) is 0 Å².